The van der Waals surface area contributed by atoms with Crippen LogP contribution in [0.15, 0.2) is 29.1 Å². The van der Waals surface area contributed by atoms with Crippen molar-refractivity contribution in [3.05, 3.63) is 63.0 Å². The maximum atomic E-state index is 14.8. The van der Waals surface area contributed by atoms with Crippen molar-refractivity contribution < 1.29 is 17.9 Å². The van der Waals surface area contributed by atoms with Crippen LogP contribution in [-0.4, -0.2) is 27.7 Å². The fraction of sp³-hybridized carbons (Fsp3) is 0.536. The van der Waals surface area contributed by atoms with Crippen molar-refractivity contribution in [3.63, 3.8) is 0 Å². The van der Waals surface area contributed by atoms with Crippen molar-refractivity contribution >= 4 is 16.9 Å². The molecule has 2 aromatic heterocycles. The van der Waals surface area contributed by atoms with Crippen LogP contribution in [0.4, 0.5) is 19.0 Å². The summed E-state index contributed by atoms with van der Waals surface area (Å²) in [5.74, 6) is 1.39. The Hall–Kier alpha value is -2.94. The highest BCUT2D eigenvalue weighted by atomic mass is 19.3. The van der Waals surface area contributed by atoms with Crippen molar-refractivity contribution in [2.75, 3.05) is 18.5 Å². The summed E-state index contributed by atoms with van der Waals surface area (Å²) in [5, 5.41) is 3.86. The predicted octanol–water partition coefficient (Wildman–Crippen LogP) is 6.20. The number of benzene rings is 1. The maximum Gasteiger partial charge on any atom is 0.266 e. The number of aromatic nitrogens is 3. The number of hydrogen-bond acceptors (Lipinski definition) is 5. The number of rotatable bonds is 6. The van der Waals surface area contributed by atoms with Crippen LogP contribution in [0.1, 0.15) is 79.9 Å². The Kier molecular flexibility index (Phi) is 7.25. The Morgan fingerprint density at radius 1 is 1.08 bits per heavy atom. The number of fused-ring (bicyclic) bond motifs is 1. The summed E-state index contributed by atoms with van der Waals surface area (Å²) >= 11 is 0. The summed E-state index contributed by atoms with van der Waals surface area (Å²) in [6, 6.07) is 5.25. The number of nitrogens with zero attached hydrogens (tertiary/aromatic N) is 3. The third kappa shape index (κ3) is 4.98. The molecule has 1 aliphatic carbocycles. The average Bonchev–Trinajstić information content (AvgIpc) is 3.42. The second kappa shape index (κ2) is 10.4. The summed E-state index contributed by atoms with van der Waals surface area (Å²) in [4.78, 5) is 22.4. The van der Waals surface area contributed by atoms with E-state index < -0.39 is 23.8 Å². The van der Waals surface area contributed by atoms with Gasteiger partial charge in [-0.25, -0.2) is 23.1 Å². The van der Waals surface area contributed by atoms with E-state index in [0.29, 0.717) is 34.5 Å². The van der Waals surface area contributed by atoms with Crippen LogP contribution >= 0.6 is 0 Å². The molecule has 1 unspecified atom stereocenters. The lowest BCUT2D eigenvalue weighted by Crippen LogP contribution is -2.28. The van der Waals surface area contributed by atoms with Gasteiger partial charge in [0, 0.05) is 31.4 Å². The first-order valence-electron chi connectivity index (χ1n) is 13.0. The van der Waals surface area contributed by atoms with Gasteiger partial charge in [-0.2, -0.15) is 0 Å². The van der Waals surface area contributed by atoms with Gasteiger partial charge in [-0.1, -0.05) is 18.2 Å². The number of aryl methyl sites for hydroxylation is 2. The van der Waals surface area contributed by atoms with Crippen LogP contribution in [0.25, 0.3) is 11.0 Å². The van der Waals surface area contributed by atoms with Crippen LogP contribution in [-0.2, 0) is 11.8 Å². The Bertz CT molecular complexity index is 1350. The Morgan fingerprint density at radius 2 is 1.81 bits per heavy atom. The number of hydrogen-bond donors (Lipinski definition) is 1. The third-order valence-corrected chi connectivity index (χ3v) is 8.16. The topological polar surface area (TPSA) is 69.0 Å². The molecule has 9 heteroatoms. The first kappa shape index (κ1) is 25.7. The molecule has 0 radical (unpaired) electrons. The molecule has 0 spiro atoms. The van der Waals surface area contributed by atoms with E-state index >= 15 is 0 Å². The molecule has 198 valence electrons. The molecule has 1 saturated carbocycles. The van der Waals surface area contributed by atoms with Crippen LogP contribution in [0.5, 0.6) is 0 Å². The summed E-state index contributed by atoms with van der Waals surface area (Å²) in [6.07, 6.45) is 2.26. The fourth-order valence-electron chi connectivity index (χ4n) is 6.04. The molecule has 3 heterocycles. The molecule has 2 atom stereocenters. The molecular weight excluding hydrogens is 481 g/mol. The first-order chi connectivity index (χ1) is 17.7. The van der Waals surface area contributed by atoms with Gasteiger partial charge < -0.3 is 10.1 Å². The number of halogens is 3. The molecule has 1 aromatic carbocycles. The Morgan fingerprint density at radius 3 is 2.49 bits per heavy atom. The van der Waals surface area contributed by atoms with E-state index in [4.69, 9.17) is 4.74 Å². The van der Waals surface area contributed by atoms with Crippen molar-refractivity contribution in [1.29, 1.82) is 0 Å². The van der Waals surface area contributed by atoms with Gasteiger partial charge in [-0.3, -0.25) is 9.36 Å². The van der Waals surface area contributed by atoms with Gasteiger partial charge >= 0.3 is 0 Å². The van der Waals surface area contributed by atoms with Crippen LogP contribution < -0.4 is 10.9 Å². The van der Waals surface area contributed by atoms with Crippen LogP contribution in [0.2, 0.25) is 0 Å². The van der Waals surface area contributed by atoms with Gasteiger partial charge in [0.25, 0.3) is 12.0 Å². The van der Waals surface area contributed by atoms with Crippen molar-refractivity contribution in [2.24, 2.45) is 18.9 Å². The third-order valence-electron chi connectivity index (χ3n) is 8.16. The smallest absolute Gasteiger partial charge is 0.266 e. The van der Waals surface area contributed by atoms with E-state index in [1.165, 1.54) is 12.1 Å². The zero-order valence-corrected chi connectivity index (χ0v) is 21.4. The normalized spacial score (nSPS) is 23.1. The quantitative estimate of drug-likeness (QED) is 0.424. The molecule has 2 aliphatic rings. The lowest BCUT2D eigenvalue weighted by atomic mass is 9.73. The lowest BCUT2D eigenvalue weighted by Gasteiger charge is -2.31. The molecule has 0 amide bonds. The maximum absolute atomic E-state index is 14.8. The summed E-state index contributed by atoms with van der Waals surface area (Å²) < 4.78 is 48.5. The average molecular weight is 515 g/mol. The molecule has 1 N–H and O–H groups in total. The van der Waals surface area contributed by atoms with E-state index in [1.54, 1.807) is 25.5 Å². The molecule has 1 saturated heterocycles. The highest BCUT2D eigenvalue weighted by molar-refractivity contribution is 5.87. The fourth-order valence-corrected chi connectivity index (χ4v) is 6.04. The Balaban J connectivity index is 1.47. The van der Waals surface area contributed by atoms with Gasteiger partial charge in [0.05, 0.1) is 17.0 Å². The van der Waals surface area contributed by atoms with Gasteiger partial charge in [0.15, 0.2) is 0 Å². The molecular formula is C28H33F3N4O2. The van der Waals surface area contributed by atoms with E-state index in [0.717, 1.165) is 56.9 Å². The van der Waals surface area contributed by atoms with Crippen molar-refractivity contribution in [2.45, 2.75) is 64.3 Å². The molecule has 2 fully saturated rings. The van der Waals surface area contributed by atoms with E-state index in [-0.39, 0.29) is 17.0 Å². The first-order valence-corrected chi connectivity index (χ1v) is 13.0. The molecule has 1 aliphatic heterocycles. The van der Waals surface area contributed by atoms with Crippen LogP contribution in [0.3, 0.4) is 0 Å². The lowest BCUT2D eigenvalue weighted by molar-refractivity contribution is 0.146. The largest absolute Gasteiger partial charge is 0.381 e. The van der Waals surface area contributed by atoms with Crippen LogP contribution in [0, 0.1) is 24.6 Å². The highest BCUT2D eigenvalue weighted by Crippen LogP contribution is 2.41. The molecule has 5 rings (SSSR count). The molecule has 3 aromatic rings. The minimum absolute atomic E-state index is 0.0621. The minimum atomic E-state index is -2.90. The number of nitrogens with one attached hydrogen (secondary N) is 1. The van der Waals surface area contributed by atoms with Gasteiger partial charge in [-0.05, 0) is 69.8 Å². The zero-order chi connectivity index (χ0) is 26.3. The van der Waals surface area contributed by atoms with Gasteiger partial charge in [-0.15, -0.1) is 0 Å². The van der Waals surface area contributed by atoms with Gasteiger partial charge in [0.1, 0.15) is 23.1 Å². The standard InChI is InChI=1S/C28H33F3N4O2/c1-15(20-5-4-6-21(24(20)29)25(30)31)32-26-23-13-22(28(36)35(3)27(23)34-16(2)33-26)18-9-7-17(8-10-18)19-11-12-37-14-19/h4-6,13,15,17-19,25H,7-12,14H2,1-3H3,(H,32,33,34)/t15-,17?,18?,19?/m1/s1. The Labute approximate surface area is 214 Å². The number of ether oxygens (including phenoxy) is 1. The molecule has 6 nitrogen and oxygen atoms in total. The van der Waals surface area contributed by atoms with Gasteiger partial charge in [0.2, 0.25) is 0 Å². The second-order valence-corrected chi connectivity index (χ2v) is 10.5. The summed E-state index contributed by atoms with van der Waals surface area (Å²) in [5.41, 5.74) is 0.661. The van der Waals surface area contributed by atoms with E-state index in [2.05, 4.69) is 15.3 Å². The summed E-state index contributed by atoms with van der Waals surface area (Å²) in [6.45, 7) is 5.12. The van der Waals surface area contributed by atoms with E-state index in [1.807, 2.05) is 6.07 Å². The summed E-state index contributed by atoms with van der Waals surface area (Å²) in [7, 11) is 1.71. The molecule has 37 heavy (non-hydrogen) atoms. The monoisotopic (exact) mass is 514 g/mol. The molecule has 0 bridgehead atoms. The number of alkyl halides is 2. The number of anilines is 1. The highest BCUT2D eigenvalue weighted by Gasteiger charge is 2.32. The van der Waals surface area contributed by atoms with Crippen molar-refractivity contribution in [3.8, 4) is 0 Å². The zero-order valence-electron chi connectivity index (χ0n) is 21.4. The minimum Gasteiger partial charge on any atom is -0.381 e. The SMILES string of the molecule is Cc1nc(N[C@H](C)c2cccc(C(F)F)c2F)c2cc(C3CCC(C4CCOC4)CC3)c(=O)n(C)c2n1. The number of pyridine rings is 1. The predicted molar refractivity (Wildman–Crippen MR) is 137 cm³/mol. The second-order valence-electron chi connectivity index (χ2n) is 10.5. The van der Waals surface area contributed by atoms with E-state index in [9.17, 15) is 18.0 Å². The van der Waals surface area contributed by atoms with Crippen molar-refractivity contribution in [1.82, 2.24) is 14.5 Å².